The second-order valence-electron chi connectivity index (χ2n) is 5.77. The molecule has 4 rings (SSSR count). The van der Waals surface area contributed by atoms with Crippen LogP contribution < -0.4 is 4.74 Å². The third-order valence-electron chi connectivity index (χ3n) is 3.91. The summed E-state index contributed by atoms with van der Waals surface area (Å²) in [4.78, 5) is 23.7. The fraction of sp³-hybridized carbons (Fsp3) is 0.167. The van der Waals surface area contributed by atoms with E-state index in [0.29, 0.717) is 20.9 Å². The molecule has 1 fully saturated rings. The van der Waals surface area contributed by atoms with Gasteiger partial charge in [-0.1, -0.05) is 17.4 Å². The molecule has 0 unspecified atom stereocenters. The van der Waals surface area contributed by atoms with Gasteiger partial charge in [0, 0.05) is 12.4 Å². The van der Waals surface area contributed by atoms with E-state index in [1.165, 1.54) is 28.0 Å². The number of amidine groups is 1. The van der Waals surface area contributed by atoms with E-state index in [1.54, 1.807) is 20.2 Å². The summed E-state index contributed by atoms with van der Waals surface area (Å²) in [6, 6.07) is 9.54. The highest BCUT2D eigenvalue weighted by Crippen LogP contribution is 2.33. The third-order valence-corrected chi connectivity index (χ3v) is 5.70. The number of aliphatic imine (C=N–C) groups is 1. The van der Waals surface area contributed by atoms with Crippen molar-refractivity contribution in [2.45, 2.75) is 6.92 Å². The third kappa shape index (κ3) is 3.56. The first-order chi connectivity index (χ1) is 13.0. The van der Waals surface area contributed by atoms with Gasteiger partial charge in [0.25, 0.3) is 5.91 Å². The molecule has 0 aliphatic carbocycles. The minimum absolute atomic E-state index is 0.114. The Morgan fingerprint density at radius 3 is 2.81 bits per heavy atom. The molecule has 2 aromatic heterocycles. The van der Waals surface area contributed by atoms with Gasteiger partial charge in [0.2, 0.25) is 5.13 Å². The largest absolute Gasteiger partial charge is 0.497 e. The Balaban J connectivity index is 1.64. The van der Waals surface area contributed by atoms with Crippen molar-refractivity contribution in [3.8, 4) is 5.75 Å². The van der Waals surface area contributed by atoms with Gasteiger partial charge < -0.3 is 4.74 Å². The standard InChI is InChI=1S/C18H15N5O2S2/c1-10-21-22-17(26-10)20-18-23(2)16(24)15(27-18)9-12-5-4-11-8-13(25-3)6-7-14(11)19-12/h4-9H,1-3H3/b15-9-,20-18?. The fourth-order valence-corrected chi connectivity index (χ4v) is 4.10. The minimum Gasteiger partial charge on any atom is -0.497 e. The van der Waals surface area contributed by atoms with Crippen LogP contribution in [0.25, 0.3) is 17.0 Å². The molecule has 1 amide bonds. The number of thioether (sulfide) groups is 1. The van der Waals surface area contributed by atoms with Crippen LogP contribution in [0, 0.1) is 6.92 Å². The molecule has 7 nitrogen and oxygen atoms in total. The number of hydrogen-bond donors (Lipinski definition) is 0. The van der Waals surface area contributed by atoms with Gasteiger partial charge >= 0.3 is 0 Å². The summed E-state index contributed by atoms with van der Waals surface area (Å²) in [5, 5.41) is 10.9. The molecular formula is C18H15N5O2S2. The maximum atomic E-state index is 12.5. The number of rotatable bonds is 3. The SMILES string of the molecule is COc1ccc2nc(/C=C3\SC(=Nc4nnc(C)s4)N(C)C3=O)ccc2c1. The van der Waals surface area contributed by atoms with Gasteiger partial charge in [-0.3, -0.25) is 9.69 Å². The number of amides is 1. The summed E-state index contributed by atoms with van der Waals surface area (Å²) in [6.45, 7) is 1.87. The van der Waals surface area contributed by atoms with Crippen molar-refractivity contribution >= 4 is 56.3 Å². The number of fused-ring (bicyclic) bond motifs is 1. The Morgan fingerprint density at radius 2 is 2.07 bits per heavy atom. The first-order valence-electron chi connectivity index (χ1n) is 8.05. The van der Waals surface area contributed by atoms with Crippen LogP contribution in [0.4, 0.5) is 5.13 Å². The zero-order valence-electron chi connectivity index (χ0n) is 14.8. The van der Waals surface area contributed by atoms with Gasteiger partial charge in [0.05, 0.1) is 23.2 Å². The predicted octanol–water partition coefficient (Wildman–Crippen LogP) is 3.64. The Kier molecular flexibility index (Phi) is 4.63. The number of ether oxygens (including phenoxy) is 1. The van der Waals surface area contributed by atoms with E-state index in [1.807, 2.05) is 37.3 Å². The van der Waals surface area contributed by atoms with Crippen LogP contribution in [0.5, 0.6) is 5.75 Å². The lowest BCUT2D eigenvalue weighted by atomic mass is 10.2. The molecular weight excluding hydrogens is 382 g/mol. The maximum Gasteiger partial charge on any atom is 0.266 e. The molecule has 1 aliphatic rings. The van der Waals surface area contributed by atoms with Crippen LogP contribution in [-0.4, -0.2) is 45.3 Å². The predicted molar refractivity (Wildman–Crippen MR) is 108 cm³/mol. The molecule has 0 bridgehead atoms. The van der Waals surface area contributed by atoms with E-state index in [9.17, 15) is 4.79 Å². The Hall–Kier alpha value is -2.78. The van der Waals surface area contributed by atoms with Crippen molar-refractivity contribution < 1.29 is 9.53 Å². The number of pyridine rings is 1. The molecule has 27 heavy (non-hydrogen) atoms. The van der Waals surface area contributed by atoms with Crippen LogP contribution in [0.3, 0.4) is 0 Å². The lowest BCUT2D eigenvalue weighted by Gasteiger charge is -2.05. The number of benzene rings is 1. The average Bonchev–Trinajstić information content (AvgIpc) is 3.20. The van der Waals surface area contributed by atoms with E-state index < -0.39 is 0 Å². The molecule has 0 N–H and O–H groups in total. The zero-order valence-corrected chi connectivity index (χ0v) is 16.5. The highest BCUT2D eigenvalue weighted by Gasteiger charge is 2.30. The molecule has 0 atom stereocenters. The fourth-order valence-electron chi connectivity index (χ4n) is 2.53. The molecule has 1 aromatic carbocycles. The smallest absolute Gasteiger partial charge is 0.266 e. The van der Waals surface area contributed by atoms with E-state index in [-0.39, 0.29) is 5.91 Å². The number of aromatic nitrogens is 3. The molecule has 1 aliphatic heterocycles. The molecule has 0 saturated carbocycles. The van der Waals surface area contributed by atoms with E-state index in [2.05, 4.69) is 20.2 Å². The van der Waals surface area contributed by atoms with E-state index in [0.717, 1.165) is 21.7 Å². The highest BCUT2D eigenvalue weighted by molar-refractivity contribution is 8.18. The number of hydrogen-bond acceptors (Lipinski definition) is 8. The Bertz CT molecular complexity index is 1110. The summed E-state index contributed by atoms with van der Waals surface area (Å²) in [5.74, 6) is 0.669. The Labute approximate surface area is 163 Å². The van der Waals surface area contributed by atoms with Gasteiger partial charge in [-0.25, -0.2) is 4.98 Å². The number of methoxy groups -OCH3 is 1. The molecule has 3 heterocycles. The van der Waals surface area contributed by atoms with Crippen LogP contribution in [0.2, 0.25) is 0 Å². The van der Waals surface area contributed by atoms with E-state index in [4.69, 9.17) is 4.74 Å². The van der Waals surface area contributed by atoms with Crippen molar-refractivity contribution in [3.05, 3.63) is 45.9 Å². The minimum atomic E-state index is -0.114. The van der Waals surface area contributed by atoms with Gasteiger partial charge in [-0.05, 0) is 49.0 Å². The summed E-state index contributed by atoms with van der Waals surface area (Å²) >= 11 is 2.69. The van der Waals surface area contributed by atoms with Crippen LogP contribution in [0.1, 0.15) is 10.7 Å². The van der Waals surface area contributed by atoms with Gasteiger partial charge in [0.1, 0.15) is 10.8 Å². The van der Waals surface area contributed by atoms with Crippen LogP contribution >= 0.6 is 23.1 Å². The summed E-state index contributed by atoms with van der Waals surface area (Å²) < 4.78 is 5.23. The van der Waals surface area contributed by atoms with Crippen molar-refractivity contribution in [1.82, 2.24) is 20.1 Å². The van der Waals surface area contributed by atoms with Crippen molar-refractivity contribution in [1.29, 1.82) is 0 Å². The quantitative estimate of drug-likeness (QED) is 0.628. The van der Waals surface area contributed by atoms with Crippen molar-refractivity contribution in [2.24, 2.45) is 4.99 Å². The highest BCUT2D eigenvalue weighted by atomic mass is 32.2. The van der Waals surface area contributed by atoms with Gasteiger partial charge in [-0.2, -0.15) is 4.99 Å². The van der Waals surface area contributed by atoms with Gasteiger partial charge in [-0.15, -0.1) is 10.2 Å². The monoisotopic (exact) mass is 397 g/mol. The molecule has 1 saturated heterocycles. The van der Waals surface area contributed by atoms with Gasteiger partial charge in [0.15, 0.2) is 5.17 Å². The number of carbonyl (C=O) groups excluding carboxylic acids is 1. The second-order valence-corrected chi connectivity index (χ2v) is 7.94. The Morgan fingerprint density at radius 1 is 1.22 bits per heavy atom. The number of nitrogens with zero attached hydrogens (tertiary/aromatic N) is 5. The van der Waals surface area contributed by atoms with Crippen molar-refractivity contribution in [3.63, 3.8) is 0 Å². The lowest BCUT2D eigenvalue weighted by molar-refractivity contribution is -0.121. The zero-order chi connectivity index (χ0) is 19.0. The van der Waals surface area contributed by atoms with Crippen molar-refractivity contribution in [2.75, 3.05) is 14.2 Å². The second kappa shape index (κ2) is 7.09. The lowest BCUT2D eigenvalue weighted by Crippen LogP contribution is -2.23. The number of likely N-dealkylation sites (N-methyl/N-ethyl adjacent to an activating group) is 1. The molecule has 136 valence electrons. The van der Waals surface area contributed by atoms with Crippen LogP contribution in [-0.2, 0) is 4.79 Å². The normalized spacial score (nSPS) is 17.4. The first-order valence-corrected chi connectivity index (χ1v) is 9.68. The molecule has 0 spiro atoms. The average molecular weight is 397 g/mol. The summed E-state index contributed by atoms with van der Waals surface area (Å²) in [5.41, 5.74) is 1.55. The number of aryl methyl sites for hydroxylation is 1. The molecule has 9 heteroatoms. The maximum absolute atomic E-state index is 12.5. The topological polar surface area (TPSA) is 80.6 Å². The summed E-state index contributed by atoms with van der Waals surface area (Å²) in [7, 11) is 3.33. The van der Waals surface area contributed by atoms with E-state index >= 15 is 0 Å². The molecule has 3 aromatic rings. The number of carbonyl (C=O) groups is 1. The van der Waals surface area contributed by atoms with Crippen LogP contribution in [0.15, 0.2) is 40.2 Å². The first kappa shape index (κ1) is 17.6. The molecule has 0 radical (unpaired) electrons. The summed E-state index contributed by atoms with van der Waals surface area (Å²) in [6.07, 6.45) is 1.78.